The fraction of sp³-hybridized carbons (Fsp3) is 0.222. The van der Waals surface area contributed by atoms with E-state index in [1.165, 1.54) is 0 Å². The third-order valence-electron chi connectivity index (χ3n) is 3.14. The van der Waals surface area contributed by atoms with Crippen LogP contribution in [0.1, 0.15) is 36.7 Å². The average molecular weight is 312 g/mol. The third-order valence-corrected chi connectivity index (χ3v) is 3.47. The molecule has 0 saturated carbocycles. The number of carbonyl (C=O) groups is 1. The van der Waals surface area contributed by atoms with Crippen molar-refractivity contribution in [3.8, 4) is 0 Å². The monoisotopic (exact) mass is 312 g/mol. The minimum absolute atomic E-state index is 0.105. The highest BCUT2D eigenvalue weighted by Crippen LogP contribution is 2.16. The highest BCUT2D eigenvalue weighted by Gasteiger charge is 2.28. The number of nitrogens with zero attached hydrogens (tertiary/aromatic N) is 1. The molecule has 2 aromatic rings. The van der Waals surface area contributed by atoms with Gasteiger partial charge in [0.2, 0.25) is 0 Å². The van der Waals surface area contributed by atoms with Gasteiger partial charge in [0.05, 0.1) is 5.54 Å². The molecule has 2 aromatic carbocycles. The molecule has 0 heterocycles. The van der Waals surface area contributed by atoms with E-state index in [1.807, 2.05) is 69.3 Å². The van der Waals surface area contributed by atoms with Crippen LogP contribution in [0.25, 0.3) is 0 Å². The van der Waals surface area contributed by atoms with Gasteiger partial charge in [-0.25, -0.2) is 5.01 Å². The number of rotatable bonds is 2. The van der Waals surface area contributed by atoms with Crippen molar-refractivity contribution in [2.45, 2.75) is 26.3 Å². The fourth-order valence-electron chi connectivity index (χ4n) is 1.99. The maximum atomic E-state index is 12.8. The molecule has 0 spiro atoms. The van der Waals surface area contributed by atoms with Gasteiger partial charge in [-0.3, -0.25) is 10.2 Å². The summed E-state index contributed by atoms with van der Waals surface area (Å²) in [5, 5.41) is 1.58. The number of hydrogen-bond donors (Lipinski definition) is 1. The Morgan fingerprint density at radius 1 is 0.909 bits per heavy atom. The van der Waals surface area contributed by atoms with E-state index in [4.69, 9.17) is 12.2 Å². The summed E-state index contributed by atoms with van der Waals surface area (Å²) in [7, 11) is 0. The summed E-state index contributed by atoms with van der Waals surface area (Å²) >= 11 is 5.43. The summed E-state index contributed by atoms with van der Waals surface area (Å²) in [5.74, 6) is -0.105. The Kier molecular flexibility index (Phi) is 4.93. The van der Waals surface area contributed by atoms with Crippen LogP contribution in [0, 0.1) is 0 Å². The van der Waals surface area contributed by atoms with Crippen molar-refractivity contribution >= 4 is 23.1 Å². The Balaban J connectivity index is 2.25. The molecular formula is C18H20N2OS. The van der Waals surface area contributed by atoms with Gasteiger partial charge in [0, 0.05) is 11.1 Å². The van der Waals surface area contributed by atoms with Crippen LogP contribution in [-0.2, 0) is 0 Å². The lowest BCUT2D eigenvalue weighted by Crippen LogP contribution is -2.55. The van der Waals surface area contributed by atoms with Crippen molar-refractivity contribution in [2.24, 2.45) is 0 Å². The molecule has 22 heavy (non-hydrogen) atoms. The molecule has 0 aromatic heterocycles. The molecule has 0 aliphatic heterocycles. The average Bonchev–Trinajstić information content (AvgIpc) is 2.52. The van der Waals surface area contributed by atoms with Crippen LogP contribution in [-0.4, -0.2) is 21.4 Å². The van der Waals surface area contributed by atoms with Crippen LogP contribution in [0.4, 0.5) is 0 Å². The lowest BCUT2D eigenvalue weighted by molar-refractivity contribution is 0.0500. The first-order valence-corrected chi connectivity index (χ1v) is 7.56. The fourth-order valence-corrected chi connectivity index (χ4v) is 2.22. The minimum Gasteiger partial charge on any atom is -0.284 e. The van der Waals surface area contributed by atoms with Gasteiger partial charge in [-0.15, -0.1) is 0 Å². The number of amides is 1. The van der Waals surface area contributed by atoms with Gasteiger partial charge >= 0.3 is 0 Å². The quantitative estimate of drug-likeness (QED) is 0.676. The molecule has 0 bridgehead atoms. The SMILES string of the molecule is CC(C)(C)N(NC(=S)c1ccccc1)C(=O)c1ccccc1. The molecule has 0 radical (unpaired) electrons. The highest BCUT2D eigenvalue weighted by atomic mass is 32.1. The zero-order valence-electron chi connectivity index (χ0n) is 13.0. The van der Waals surface area contributed by atoms with Crippen LogP contribution in [0.15, 0.2) is 60.7 Å². The number of benzene rings is 2. The predicted molar refractivity (Wildman–Crippen MR) is 93.6 cm³/mol. The molecule has 0 aliphatic rings. The van der Waals surface area contributed by atoms with Crippen LogP contribution in [0.2, 0.25) is 0 Å². The number of thiocarbonyl (C=S) groups is 1. The zero-order valence-corrected chi connectivity index (χ0v) is 13.9. The van der Waals surface area contributed by atoms with Gasteiger partial charge in [-0.1, -0.05) is 60.7 Å². The maximum Gasteiger partial charge on any atom is 0.272 e. The van der Waals surface area contributed by atoms with E-state index >= 15 is 0 Å². The van der Waals surface area contributed by atoms with E-state index in [9.17, 15) is 4.79 Å². The van der Waals surface area contributed by atoms with Crippen molar-refractivity contribution in [1.29, 1.82) is 0 Å². The Hall–Kier alpha value is -2.20. The summed E-state index contributed by atoms with van der Waals surface area (Å²) in [6.07, 6.45) is 0. The highest BCUT2D eigenvalue weighted by molar-refractivity contribution is 7.80. The number of nitrogens with one attached hydrogen (secondary N) is 1. The number of hydrazine groups is 1. The molecule has 0 fully saturated rings. The molecular weight excluding hydrogens is 292 g/mol. The maximum absolute atomic E-state index is 12.8. The van der Waals surface area contributed by atoms with E-state index < -0.39 is 5.54 Å². The van der Waals surface area contributed by atoms with E-state index in [1.54, 1.807) is 17.1 Å². The Morgan fingerprint density at radius 3 is 1.82 bits per heavy atom. The molecule has 114 valence electrons. The van der Waals surface area contributed by atoms with Gasteiger partial charge in [0.15, 0.2) is 0 Å². The van der Waals surface area contributed by atoms with Crippen molar-refractivity contribution in [3.63, 3.8) is 0 Å². The van der Waals surface area contributed by atoms with Crippen LogP contribution < -0.4 is 5.43 Å². The number of hydrogen-bond acceptors (Lipinski definition) is 2. The van der Waals surface area contributed by atoms with Crippen LogP contribution >= 0.6 is 12.2 Å². The van der Waals surface area contributed by atoms with Crippen LogP contribution in [0.5, 0.6) is 0 Å². The van der Waals surface area contributed by atoms with Gasteiger partial charge in [0.1, 0.15) is 4.99 Å². The molecule has 2 rings (SSSR count). The normalized spacial score (nSPS) is 10.9. The van der Waals surface area contributed by atoms with Gasteiger partial charge in [0.25, 0.3) is 5.91 Å². The summed E-state index contributed by atoms with van der Waals surface area (Å²) < 4.78 is 0. The van der Waals surface area contributed by atoms with Crippen molar-refractivity contribution in [3.05, 3.63) is 71.8 Å². The summed E-state index contributed by atoms with van der Waals surface area (Å²) in [5.41, 5.74) is 4.18. The summed E-state index contributed by atoms with van der Waals surface area (Å²) in [4.78, 5) is 13.3. The molecule has 0 aliphatic carbocycles. The van der Waals surface area contributed by atoms with Crippen molar-refractivity contribution < 1.29 is 4.79 Å². The second-order valence-corrected chi connectivity index (χ2v) is 6.39. The molecule has 1 N–H and O–H groups in total. The first-order chi connectivity index (χ1) is 10.4. The lowest BCUT2D eigenvalue weighted by atomic mass is 10.1. The molecule has 1 amide bonds. The second-order valence-electron chi connectivity index (χ2n) is 5.98. The third kappa shape index (κ3) is 3.92. The van der Waals surface area contributed by atoms with Crippen molar-refractivity contribution in [1.82, 2.24) is 10.4 Å². The smallest absolute Gasteiger partial charge is 0.272 e. The van der Waals surface area contributed by atoms with Gasteiger partial charge in [-0.05, 0) is 32.9 Å². The Labute approximate surface area is 136 Å². The second kappa shape index (κ2) is 6.71. The van der Waals surface area contributed by atoms with E-state index in [2.05, 4.69) is 5.43 Å². The van der Waals surface area contributed by atoms with Gasteiger partial charge < -0.3 is 0 Å². The van der Waals surface area contributed by atoms with E-state index in [-0.39, 0.29) is 5.91 Å². The summed E-state index contributed by atoms with van der Waals surface area (Å²) in [6, 6.07) is 18.8. The van der Waals surface area contributed by atoms with E-state index in [0.29, 0.717) is 10.6 Å². The van der Waals surface area contributed by atoms with Crippen LogP contribution in [0.3, 0.4) is 0 Å². The predicted octanol–water partition coefficient (Wildman–Crippen LogP) is 3.81. The molecule has 0 saturated heterocycles. The topological polar surface area (TPSA) is 32.3 Å². The standard InChI is InChI=1S/C18H20N2OS/c1-18(2,3)20(17(21)15-12-8-5-9-13-15)19-16(22)14-10-6-4-7-11-14/h4-13H,1-3H3,(H,19,22). The molecule has 0 atom stereocenters. The van der Waals surface area contributed by atoms with E-state index in [0.717, 1.165) is 5.56 Å². The molecule has 3 nitrogen and oxygen atoms in total. The lowest BCUT2D eigenvalue weighted by Gasteiger charge is -2.36. The Morgan fingerprint density at radius 2 is 1.36 bits per heavy atom. The van der Waals surface area contributed by atoms with Crippen molar-refractivity contribution in [2.75, 3.05) is 0 Å². The Bertz CT molecular complexity index is 648. The molecule has 4 heteroatoms. The largest absolute Gasteiger partial charge is 0.284 e. The zero-order chi connectivity index (χ0) is 16.2. The van der Waals surface area contributed by atoms with Gasteiger partial charge in [-0.2, -0.15) is 0 Å². The molecule has 0 unspecified atom stereocenters. The first kappa shape index (κ1) is 16.2. The number of carbonyl (C=O) groups excluding carboxylic acids is 1. The summed E-state index contributed by atoms with van der Waals surface area (Å²) in [6.45, 7) is 5.90. The minimum atomic E-state index is -0.411. The first-order valence-electron chi connectivity index (χ1n) is 7.15.